The fourth-order valence-corrected chi connectivity index (χ4v) is 1.76. The fourth-order valence-electron chi connectivity index (χ4n) is 1.55. The standard InChI is InChI=1S/C14H20ClNO/c1-11(2)6-7-14(17)16-9-8-12-4-3-5-13(15)10-12/h3-5,10-11H,6-9H2,1-2H3,(H,16,17). The van der Waals surface area contributed by atoms with Crippen LogP contribution in [0.5, 0.6) is 0 Å². The van der Waals surface area contributed by atoms with Gasteiger partial charge >= 0.3 is 0 Å². The molecule has 1 aromatic rings. The lowest BCUT2D eigenvalue weighted by atomic mass is 10.1. The summed E-state index contributed by atoms with van der Waals surface area (Å²) in [4.78, 5) is 11.5. The van der Waals surface area contributed by atoms with Crippen LogP contribution < -0.4 is 5.32 Å². The van der Waals surface area contributed by atoms with Crippen molar-refractivity contribution in [3.8, 4) is 0 Å². The van der Waals surface area contributed by atoms with Gasteiger partial charge in [0.1, 0.15) is 0 Å². The van der Waals surface area contributed by atoms with Gasteiger partial charge in [0, 0.05) is 18.0 Å². The van der Waals surface area contributed by atoms with E-state index in [1.54, 1.807) is 0 Å². The molecule has 0 aliphatic carbocycles. The van der Waals surface area contributed by atoms with Crippen molar-refractivity contribution in [2.45, 2.75) is 33.1 Å². The van der Waals surface area contributed by atoms with Crippen LogP contribution in [0.4, 0.5) is 0 Å². The highest BCUT2D eigenvalue weighted by Crippen LogP contribution is 2.10. The van der Waals surface area contributed by atoms with Crippen LogP contribution in [0.2, 0.25) is 5.02 Å². The van der Waals surface area contributed by atoms with Crippen molar-refractivity contribution in [2.24, 2.45) is 5.92 Å². The zero-order valence-corrected chi connectivity index (χ0v) is 11.3. The lowest BCUT2D eigenvalue weighted by molar-refractivity contribution is -0.121. The second-order valence-corrected chi connectivity index (χ2v) is 5.10. The number of benzene rings is 1. The fraction of sp³-hybridized carbons (Fsp3) is 0.500. The molecular formula is C14H20ClNO. The number of hydrogen-bond donors (Lipinski definition) is 1. The van der Waals surface area contributed by atoms with Crippen molar-refractivity contribution in [1.82, 2.24) is 5.32 Å². The van der Waals surface area contributed by atoms with Crippen molar-refractivity contribution in [3.63, 3.8) is 0 Å². The molecular weight excluding hydrogens is 234 g/mol. The summed E-state index contributed by atoms with van der Waals surface area (Å²) in [5, 5.41) is 3.67. The molecule has 0 bridgehead atoms. The molecule has 0 fully saturated rings. The van der Waals surface area contributed by atoms with Crippen LogP contribution in [0.3, 0.4) is 0 Å². The summed E-state index contributed by atoms with van der Waals surface area (Å²) in [5.74, 6) is 0.717. The van der Waals surface area contributed by atoms with E-state index >= 15 is 0 Å². The number of rotatable bonds is 6. The first kappa shape index (κ1) is 14.0. The number of carbonyl (C=O) groups excluding carboxylic acids is 1. The Bertz CT molecular complexity index is 363. The first-order chi connectivity index (χ1) is 8.08. The molecule has 0 saturated heterocycles. The van der Waals surface area contributed by atoms with Crippen molar-refractivity contribution in [3.05, 3.63) is 34.9 Å². The average molecular weight is 254 g/mol. The van der Waals surface area contributed by atoms with Gasteiger partial charge in [-0.2, -0.15) is 0 Å². The van der Waals surface area contributed by atoms with Gasteiger partial charge in [0.25, 0.3) is 0 Å². The van der Waals surface area contributed by atoms with Crippen LogP contribution in [0.15, 0.2) is 24.3 Å². The normalized spacial score (nSPS) is 10.6. The molecule has 0 atom stereocenters. The maximum atomic E-state index is 11.5. The summed E-state index contributed by atoms with van der Waals surface area (Å²) < 4.78 is 0. The molecule has 0 aliphatic rings. The van der Waals surface area contributed by atoms with E-state index in [0.717, 1.165) is 23.4 Å². The van der Waals surface area contributed by atoms with Crippen molar-refractivity contribution in [2.75, 3.05) is 6.54 Å². The highest BCUT2D eigenvalue weighted by molar-refractivity contribution is 6.30. The van der Waals surface area contributed by atoms with Crippen LogP contribution in [-0.4, -0.2) is 12.5 Å². The smallest absolute Gasteiger partial charge is 0.220 e. The Morgan fingerprint density at radius 3 is 2.82 bits per heavy atom. The van der Waals surface area contributed by atoms with Gasteiger partial charge in [-0.3, -0.25) is 4.79 Å². The summed E-state index contributed by atoms with van der Waals surface area (Å²) in [6.07, 6.45) is 2.39. The Hall–Kier alpha value is -1.02. The summed E-state index contributed by atoms with van der Waals surface area (Å²) in [5.41, 5.74) is 1.15. The molecule has 1 N–H and O–H groups in total. The Balaban J connectivity index is 2.21. The first-order valence-electron chi connectivity index (χ1n) is 6.09. The van der Waals surface area contributed by atoms with E-state index in [1.807, 2.05) is 24.3 Å². The van der Waals surface area contributed by atoms with E-state index in [1.165, 1.54) is 0 Å². The molecule has 0 unspecified atom stereocenters. The maximum Gasteiger partial charge on any atom is 0.220 e. The SMILES string of the molecule is CC(C)CCC(=O)NCCc1cccc(Cl)c1. The van der Waals surface area contributed by atoms with Crippen molar-refractivity contribution in [1.29, 1.82) is 0 Å². The third-order valence-electron chi connectivity index (χ3n) is 2.57. The Labute approximate surface area is 108 Å². The largest absolute Gasteiger partial charge is 0.356 e. The van der Waals surface area contributed by atoms with E-state index in [4.69, 9.17) is 11.6 Å². The topological polar surface area (TPSA) is 29.1 Å². The summed E-state index contributed by atoms with van der Waals surface area (Å²) in [6.45, 7) is 4.93. The molecule has 1 aromatic carbocycles. The number of carbonyl (C=O) groups is 1. The van der Waals surface area contributed by atoms with Crippen LogP contribution >= 0.6 is 11.6 Å². The Morgan fingerprint density at radius 1 is 1.41 bits per heavy atom. The van der Waals surface area contributed by atoms with Crippen LogP contribution in [0.1, 0.15) is 32.3 Å². The minimum Gasteiger partial charge on any atom is -0.356 e. The monoisotopic (exact) mass is 253 g/mol. The highest BCUT2D eigenvalue weighted by Gasteiger charge is 2.02. The predicted octanol–water partition coefficient (Wildman–Crippen LogP) is 3.43. The average Bonchev–Trinajstić information content (AvgIpc) is 2.26. The molecule has 17 heavy (non-hydrogen) atoms. The zero-order chi connectivity index (χ0) is 12.7. The van der Waals surface area contributed by atoms with E-state index in [-0.39, 0.29) is 5.91 Å². The molecule has 1 amide bonds. The minimum absolute atomic E-state index is 0.140. The minimum atomic E-state index is 0.140. The summed E-state index contributed by atoms with van der Waals surface area (Å²) in [7, 11) is 0. The zero-order valence-electron chi connectivity index (χ0n) is 10.5. The number of halogens is 1. The first-order valence-corrected chi connectivity index (χ1v) is 6.47. The quantitative estimate of drug-likeness (QED) is 0.827. The van der Waals surface area contributed by atoms with Crippen LogP contribution in [0.25, 0.3) is 0 Å². The molecule has 0 saturated carbocycles. The summed E-state index contributed by atoms with van der Waals surface area (Å²) >= 11 is 5.88. The van der Waals surface area contributed by atoms with Crippen LogP contribution in [-0.2, 0) is 11.2 Å². The van der Waals surface area contributed by atoms with Gasteiger partial charge in [-0.1, -0.05) is 37.6 Å². The molecule has 0 aliphatic heterocycles. The highest BCUT2D eigenvalue weighted by atomic mass is 35.5. The lowest BCUT2D eigenvalue weighted by Crippen LogP contribution is -2.25. The molecule has 0 radical (unpaired) electrons. The second-order valence-electron chi connectivity index (χ2n) is 4.66. The van der Waals surface area contributed by atoms with E-state index in [9.17, 15) is 4.79 Å². The van der Waals surface area contributed by atoms with Gasteiger partial charge in [-0.25, -0.2) is 0 Å². The van der Waals surface area contributed by atoms with Crippen molar-refractivity contribution < 1.29 is 4.79 Å². The van der Waals surface area contributed by atoms with Gasteiger partial charge in [-0.05, 0) is 36.5 Å². The lowest BCUT2D eigenvalue weighted by Gasteiger charge is -2.07. The molecule has 1 rings (SSSR count). The van der Waals surface area contributed by atoms with Gasteiger partial charge < -0.3 is 5.32 Å². The van der Waals surface area contributed by atoms with Gasteiger partial charge in [-0.15, -0.1) is 0 Å². The molecule has 0 heterocycles. The Morgan fingerprint density at radius 2 is 2.18 bits per heavy atom. The molecule has 0 aromatic heterocycles. The van der Waals surface area contributed by atoms with E-state index in [2.05, 4.69) is 19.2 Å². The third kappa shape index (κ3) is 6.32. The molecule has 2 nitrogen and oxygen atoms in total. The van der Waals surface area contributed by atoms with Gasteiger partial charge in [0.2, 0.25) is 5.91 Å². The summed E-state index contributed by atoms with van der Waals surface area (Å²) in [6, 6.07) is 7.73. The number of amides is 1. The number of hydrogen-bond acceptors (Lipinski definition) is 1. The predicted molar refractivity (Wildman–Crippen MR) is 72.2 cm³/mol. The second kappa shape index (κ2) is 7.33. The number of nitrogens with one attached hydrogen (secondary N) is 1. The Kier molecular flexibility index (Phi) is 6.06. The van der Waals surface area contributed by atoms with E-state index < -0.39 is 0 Å². The third-order valence-corrected chi connectivity index (χ3v) is 2.81. The molecule has 3 heteroatoms. The van der Waals surface area contributed by atoms with E-state index in [0.29, 0.717) is 18.9 Å². The van der Waals surface area contributed by atoms with Gasteiger partial charge in [0.05, 0.1) is 0 Å². The molecule has 94 valence electrons. The van der Waals surface area contributed by atoms with Gasteiger partial charge in [0.15, 0.2) is 0 Å². The van der Waals surface area contributed by atoms with Crippen LogP contribution in [0, 0.1) is 5.92 Å². The maximum absolute atomic E-state index is 11.5. The molecule has 0 spiro atoms. The van der Waals surface area contributed by atoms with Crippen molar-refractivity contribution >= 4 is 17.5 Å².